The van der Waals surface area contributed by atoms with Crippen molar-refractivity contribution in [2.75, 3.05) is 78.7 Å². The summed E-state index contributed by atoms with van der Waals surface area (Å²) in [5, 5.41) is 64.0. The second-order valence-electron chi connectivity index (χ2n) is 23.1. The number of carboxylic acids is 3. The minimum atomic E-state index is -1.05. The zero-order chi connectivity index (χ0) is 60.6. The van der Waals surface area contributed by atoms with Crippen molar-refractivity contribution in [1.82, 2.24) is 44.6 Å². The van der Waals surface area contributed by atoms with Gasteiger partial charge in [-0.05, 0) is 152 Å². The van der Waals surface area contributed by atoms with Gasteiger partial charge in [0.25, 0.3) is 0 Å². The van der Waals surface area contributed by atoms with E-state index < -0.39 is 35.0 Å². The molecule has 0 spiro atoms. The normalized spacial score (nSPS) is 16.8. The van der Waals surface area contributed by atoms with Crippen molar-refractivity contribution in [3.05, 3.63) is 155 Å². The Hall–Kier alpha value is -9.28. The number of hydrogen-bond donors (Lipinski definition) is 8. The number of hydrogen-bond acceptors (Lipinski definition) is 15. The van der Waals surface area contributed by atoms with Crippen molar-refractivity contribution < 1.29 is 54.7 Å². The highest BCUT2D eigenvalue weighted by Gasteiger charge is 2.49. The quantitative estimate of drug-likeness (QED) is 0.0499. The van der Waals surface area contributed by atoms with Gasteiger partial charge in [-0.2, -0.15) is 5.06 Å². The second-order valence-corrected chi connectivity index (χ2v) is 23.1. The number of nitrogens with one attached hydrogen (secondary N) is 2. The van der Waals surface area contributed by atoms with Crippen LogP contribution in [0.15, 0.2) is 115 Å². The van der Waals surface area contributed by atoms with Crippen molar-refractivity contribution in [1.29, 1.82) is 0 Å². The maximum Gasteiger partial charge on any atom is 0.339 e. The fourth-order valence-electron chi connectivity index (χ4n) is 12.2. The molecule has 7 aromatic rings. The first-order chi connectivity index (χ1) is 41.2. The number of aromatic nitrogens is 4. The lowest BCUT2D eigenvalue weighted by molar-refractivity contribution is -0.216. The van der Waals surface area contributed by atoms with Crippen LogP contribution < -0.4 is 0 Å². The Bertz CT molecular complexity index is 3990. The topological polar surface area (TPSA) is 272 Å². The van der Waals surface area contributed by atoms with Crippen LogP contribution in [0.2, 0.25) is 0 Å². The minimum absolute atomic E-state index is 0.0613. The maximum atomic E-state index is 14.4. The van der Waals surface area contributed by atoms with Crippen LogP contribution in [0.25, 0.3) is 90.9 Å². The lowest BCUT2D eigenvalue weighted by Crippen LogP contribution is -2.48. The zero-order valence-electron chi connectivity index (χ0n) is 48.1. The summed E-state index contributed by atoms with van der Waals surface area (Å²) in [6, 6.07) is 35.1. The molecule has 1 fully saturated rings. The summed E-state index contributed by atoms with van der Waals surface area (Å²) >= 11 is 0. The van der Waals surface area contributed by atoms with Crippen molar-refractivity contribution in [2.24, 2.45) is 0 Å². The smallest absolute Gasteiger partial charge is 0.339 e. The summed E-state index contributed by atoms with van der Waals surface area (Å²) < 4.78 is 6.03. The fourth-order valence-corrected chi connectivity index (χ4v) is 12.2. The van der Waals surface area contributed by atoms with Gasteiger partial charge in [-0.25, -0.2) is 14.8 Å². The number of rotatable bonds is 13. The third-order valence-electron chi connectivity index (χ3n) is 16.5. The van der Waals surface area contributed by atoms with Gasteiger partial charge >= 0.3 is 23.9 Å². The SMILES string of the molecule is CC1(C)c2ccc(-c3c4nc(c(-c5cccc(O)c5)c5ccc([nH]5)c(-c5cccc(C(=O)OCN6CCN(CC(=O)O)CCN(CC(=O)O)CCN(CC(=O)O)CC6)c5)c5nc(c(-c6cccc(O)c6)c6ccc3[nH]6)C=C5)C=C4)cc2C(C)(C)N1O. The molecule has 0 radical (unpaired) electrons. The summed E-state index contributed by atoms with van der Waals surface area (Å²) in [5.41, 5.74) is 11.5. The van der Waals surface area contributed by atoms with Crippen molar-refractivity contribution in [2.45, 2.75) is 38.8 Å². The van der Waals surface area contributed by atoms with Crippen LogP contribution in [0.4, 0.5) is 0 Å². The molecule has 0 saturated carbocycles. The maximum absolute atomic E-state index is 14.4. The molecule has 1 saturated heterocycles. The molecule has 442 valence electrons. The Morgan fingerprint density at radius 1 is 0.465 bits per heavy atom. The summed E-state index contributed by atoms with van der Waals surface area (Å²) in [4.78, 5) is 75.1. The lowest BCUT2D eigenvalue weighted by Gasteiger charge is -2.34. The van der Waals surface area contributed by atoms with Crippen LogP contribution >= 0.6 is 0 Å². The predicted molar refractivity (Wildman–Crippen MR) is 328 cm³/mol. The van der Waals surface area contributed by atoms with E-state index in [1.807, 2.05) is 99.4 Å². The Morgan fingerprint density at radius 2 is 0.826 bits per heavy atom. The van der Waals surface area contributed by atoms with Gasteiger partial charge < -0.3 is 45.4 Å². The number of carboxylic acid groups (broad SMARTS) is 3. The molecular formula is C66H67N9O11. The number of hydroxylamine groups is 2. The molecule has 8 bridgehead atoms. The van der Waals surface area contributed by atoms with Crippen LogP contribution in [-0.2, 0) is 30.2 Å². The molecule has 0 aliphatic carbocycles. The fraction of sp³-hybridized carbons (Fsp3) is 0.273. The highest BCUT2D eigenvalue weighted by atomic mass is 16.5. The van der Waals surface area contributed by atoms with Gasteiger partial charge in [-0.3, -0.25) is 34.0 Å². The van der Waals surface area contributed by atoms with Crippen LogP contribution in [-0.4, -0.2) is 178 Å². The van der Waals surface area contributed by atoms with Gasteiger partial charge in [0, 0.05) is 96.7 Å². The number of ether oxygens (including phenoxy) is 1. The number of carbonyl (C=O) groups excluding carboxylic acids is 1. The van der Waals surface area contributed by atoms with Crippen molar-refractivity contribution in [3.63, 3.8) is 0 Å². The molecule has 4 aliphatic rings. The van der Waals surface area contributed by atoms with Crippen LogP contribution in [0.1, 0.15) is 72.0 Å². The number of phenols is 2. The molecule has 0 unspecified atom stereocenters. The van der Waals surface area contributed by atoms with Gasteiger partial charge in [0.2, 0.25) is 0 Å². The van der Waals surface area contributed by atoms with Crippen LogP contribution in [0.3, 0.4) is 0 Å². The van der Waals surface area contributed by atoms with Gasteiger partial charge in [0.15, 0.2) is 0 Å². The Kier molecular flexibility index (Phi) is 16.3. The highest BCUT2D eigenvalue weighted by molar-refractivity contribution is 6.01. The molecule has 3 aromatic heterocycles. The van der Waals surface area contributed by atoms with Gasteiger partial charge in [-0.15, -0.1) is 0 Å². The number of aromatic hydroxyl groups is 2. The molecule has 86 heavy (non-hydrogen) atoms. The highest BCUT2D eigenvalue weighted by Crippen LogP contribution is 2.50. The van der Waals surface area contributed by atoms with Crippen LogP contribution in [0, 0.1) is 0 Å². The summed E-state index contributed by atoms with van der Waals surface area (Å²) in [5.74, 6) is -3.68. The molecule has 20 nitrogen and oxygen atoms in total. The third kappa shape index (κ3) is 12.2. The lowest BCUT2D eigenvalue weighted by atomic mass is 9.87. The van der Waals surface area contributed by atoms with Crippen LogP contribution in [0.5, 0.6) is 11.5 Å². The molecule has 20 heteroatoms. The molecule has 4 aliphatic heterocycles. The molecule has 11 rings (SSSR count). The summed E-state index contributed by atoms with van der Waals surface area (Å²) in [7, 11) is 0. The molecule has 8 N–H and O–H groups in total. The average Bonchev–Trinajstić information content (AvgIpc) is 1.62. The van der Waals surface area contributed by atoms with Crippen molar-refractivity contribution >= 4 is 70.2 Å². The van der Waals surface area contributed by atoms with E-state index >= 15 is 0 Å². The first-order valence-electron chi connectivity index (χ1n) is 28.4. The molecular weight excluding hydrogens is 1090 g/mol. The van der Waals surface area contributed by atoms with Crippen molar-refractivity contribution in [3.8, 4) is 56.0 Å². The molecule has 0 amide bonds. The average molecular weight is 1160 g/mol. The number of H-pyrrole nitrogens is 2. The van der Waals surface area contributed by atoms with E-state index in [0.717, 1.165) is 27.8 Å². The molecule has 4 aromatic carbocycles. The number of nitrogens with zero attached hydrogens (tertiary/aromatic N) is 7. The third-order valence-corrected chi connectivity index (χ3v) is 16.5. The van der Waals surface area contributed by atoms with E-state index in [2.05, 4.69) is 28.2 Å². The molecule has 0 atom stereocenters. The van der Waals surface area contributed by atoms with E-state index in [4.69, 9.17) is 14.7 Å². The first-order valence-corrected chi connectivity index (χ1v) is 28.4. The Labute approximate surface area is 495 Å². The number of aromatic amines is 2. The number of benzene rings is 4. The predicted octanol–water partition coefficient (Wildman–Crippen LogP) is 9.50. The monoisotopic (exact) mass is 1160 g/mol. The Balaban J connectivity index is 1.04. The second kappa shape index (κ2) is 24.0. The number of esters is 1. The number of aliphatic carboxylic acids is 3. The largest absolute Gasteiger partial charge is 0.508 e. The van der Waals surface area contributed by atoms with E-state index in [-0.39, 0.29) is 95.8 Å². The molecule has 7 heterocycles. The zero-order valence-corrected chi connectivity index (χ0v) is 48.1. The summed E-state index contributed by atoms with van der Waals surface area (Å²) in [6.45, 7) is 8.87. The first kappa shape index (κ1) is 58.5. The standard InChI is InChI=1S/C66H67N9O11/c1-65(2)47-15-14-43(35-48(47)66(3,4)75(65)85)63-55-22-20-53(69-55)61(41-9-6-12-45(76)33-41)51-18-16-49(67-51)60(50-17-19-52(68-50)62(54-21-23-56(63)70-54)42-10-7-13-46(77)34-42)40-8-5-11-44(32-40)64(84)86-39-74-30-28-72(37-58(80)81)26-24-71(36-57(78)79)25-27-73(29-31-74)38-59(82)83/h5-23,32-35,67,70,76-77,85H,24-31,36-39H2,1-4H3,(H,78,79)(H,80,81)(H,82,83). The van der Waals surface area contributed by atoms with E-state index in [1.54, 1.807) is 69.3 Å². The number of carbonyl (C=O) groups is 4. The summed E-state index contributed by atoms with van der Waals surface area (Å²) in [6.07, 6.45) is 7.75. The van der Waals surface area contributed by atoms with Gasteiger partial charge in [0.1, 0.15) is 18.2 Å². The minimum Gasteiger partial charge on any atom is -0.508 e. The Morgan fingerprint density at radius 3 is 1.22 bits per heavy atom. The number of phenolic OH excluding ortho intramolecular Hbond substituents is 2. The number of fused-ring (bicyclic) bond motifs is 9. The van der Waals surface area contributed by atoms with Gasteiger partial charge in [-0.1, -0.05) is 48.5 Å². The van der Waals surface area contributed by atoms with Gasteiger partial charge in [0.05, 0.1) is 59.1 Å². The van der Waals surface area contributed by atoms with E-state index in [1.165, 1.54) is 5.06 Å². The van der Waals surface area contributed by atoms with E-state index in [9.17, 15) is 49.9 Å². The van der Waals surface area contributed by atoms with E-state index in [0.29, 0.717) is 72.7 Å².